The summed E-state index contributed by atoms with van der Waals surface area (Å²) in [6, 6.07) is 9.59. The Hall–Kier alpha value is -2.08. The van der Waals surface area contributed by atoms with Crippen LogP contribution in [-0.4, -0.2) is 28.7 Å². The maximum absolute atomic E-state index is 11.4. The molecule has 27 heavy (non-hydrogen) atoms. The summed E-state index contributed by atoms with van der Waals surface area (Å²) in [5.74, 6) is -1.01. The number of ether oxygens (including phenoxy) is 1. The number of aliphatic carboxylic acids is 1. The first-order valence-electron chi connectivity index (χ1n) is 9.46. The molecule has 3 rings (SSSR count). The fourth-order valence-corrected chi connectivity index (χ4v) is 3.49. The lowest BCUT2D eigenvalue weighted by Gasteiger charge is -2.31. The van der Waals surface area contributed by atoms with Crippen LogP contribution in [0.15, 0.2) is 30.3 Å². The molecule has 0 aromatic heterocycles. The maximum Gasteiger partial charge on any atom is 0.408 e. The summed E-state index contributed by atoms with van der Waals surface area (Å²) in [4.78, 5) is 22.2. The highest BCUT2D eigenvalue weighted by Gasteiger charge is 2.52. The molecule has 0 atom stereocenters. The van der Waals surface area contributed by atoms with E-state index in [0.29, 0.717) is 29.7 Å². The molecule has 0 radical (unpaired) electrons. The zero-order chi connectivity index (χ0) is 20.3. The number of carbonyl (C=O) groups excluding carboxylic acids is 1. The second-order valence-corrected chi connectivity index (χ2v) is 9.03. The molecular weight excluding hydrogens is 344 g/mol. The van der Waals surface area contributed by atoms with Gasteiger partial charge in [-0.2, -0.15) is 0 Å². The first-order chi connectivity index (χ1) is 12.5. The second kappa shape index (κ2) is 7.89. The summed E-state index contributed by atoms with van der Waals surface area (Å²) in [5.41, 5.74) is 6.59. The molecule has 0 unspecified atom stereocenters. The van der Waals surface area contributed by atoms with E-state index >= 15 is 0 Å². The van der Waals surface area contributed by atoms with Crippen molar-refractivity contribution >= 4 is 12.1 Å². The number of nitrogens with two attached hydrogens (primary N) is 1. The Labute approximate surface area is 161 Å². The SMILES string of the molecule is CC1(C)CCC(C)(C)C1N.O=C(NC1(C(=O)O)CC1)OCc1ccccc1. The Morgan fingerprint density at radius 1 is 1.07 bits per heavy atom. The van der Waals surface area contributed by atoms with Gasteiger partial charge in [-0.15, -0.1) is 0 Å². The van der Waals surface area contributed by atoms with Crippen LogP contribution in [-0.2, 0) is 16.1 Å². The van der Waals surface area contributed by atoms with Crippen molar-refractivity contribution < 1.29 is 19.4 Å². The number of carboxylic acid groups (broad SMARTS) is 1. The molecule has 0 heterocycles. The van der Waals surface area contributed by atoms with Gasteiger partial charge in [-0.1, -0.05) is 58.0 Å². The number of carbonyl (C=O) groups is 2. The minimum Gasteiger partial charge on any atom is -0.480 e. The van der Waals surface area contributed by atoms with Gasteiger partial charge in [0.15, 0.2) is 0 Å². The Balaban J connectivity index is 0.000000223. The van der Waals surface area contributed by atoms with Gasteiger partial charge in [0.05, 0.1) is 0 Å². The minimum atomic E-state index is -1.09. The number of hydrogen-bond donors (Lipinski definition) is 3. The summed E-state index contributed by atoms with van der Waals surface area (Å²) in [5, 5.41) is 11.2. The number of carboxylic acids is 1. The summed E-state index contributed by atoms with van der Waals surface area (Å²) in [6.45, 7) is 9.22. The van der Waals surface area contributed by atoms with Gasteiger partial charge in [-0.3, -0.25) is 0 Å². The van der Waals surface area contributed by atoms with E-state index < -0.39 is 17.6 Å². The normalized spacial score (nSPS) is 21.5. The van der Waals surface area contributed by atoms with E-state index in [1.165, 1.54) is 12.8 Å². The monoisotopic (exact) mass is 376 g/mol. The lowest BCUT2D eigenvalue weighted by molar-refractivity contribution is -0.140. The largest absolute Gasteiger partial charge is 0.480 e. The zero-order valence-electron chi connectivity index (χ0n) is 16.7. The first-order valence-corrected chi connectivity index (χ1v) is 9.46. The fourth-order valence-electron chi connectivity index (χ4n) is 3.49. The molecule has 0 spiro atoms. The predicted molar refractivity (Wildman–Crippen MR) is 104 cm³/mol. The number of alkyl carbamates (subject to hydrolysis) is 1. The van der Waals surface area contributed by atoms with Crippen LogP contribution < -0.4 is 11.1 Å². The van der Waals surface area contributed by atoms with Crippen molar-refractivity contribution in [3.05, 3.63) is 35.9 Å². The Morgan fingerprint density at radius 3 is 1.96 bits per heavy atom. The van der Waals surface area contributed by atoms with Gasteiger partial charge < -0.3 is 20.9 Å². The molecule has 6 heteroatoms. The lowest BCUT2D eigenvalue weighted by Crippen LogP contribution is -2.43. The van der Waals surface area contributed by atoms with Crippen LogP contribution in [0.3, 0.4) is 0 Å². The molecule has 1 aromatic rings. The van der Waals surface area contributed by atoms with Crippen LogP contribution in [0.4, 0.5) is 4.79 Å². The molecule has 0 bridgehead atoms. The van der Waals surface area contributed by atoms with Crippen LogP contribution in [0.1, 0.15) is 58.9 Å². The molecule has 2 saturated carbocycles. The van der Waals surface area contributed by atoms with E-state index in [-0.39, 0.29) is 6.61 Å². The van der Waals surface area contributed by atoms with Crippen molar-refractivity contribution in [2.75, 3.05) is 0 Å². The average Bonchev–Trinajstić information content (AvgIpc) is 3.36. The van der Waals surface area contributed by atoms with Crippen molar-refractivity contribution in [3.8, 4) is 0 Å². The van der Waals surface area contributed by atoms with Crippen LogP contribution in [0, 0.1) is 10.8 Å². The summed E-state index contributed by atoms with van der Waals surface area (Å²) >= 11 is 0. The van der Waals surface area contributed by atoms with E-state index in [1.54, 1.807) is 0 Å². The van der Waals surface area contributed by atoms with Gasteiger partial charge in [-0.25, -0.2) is 9.59 Å². The van der Waals surface area contributed by atoms with Crippen molar-refractivity contribution in [2.24, 2.45) is 16.6 Å². The van der Waals surface area contributed by atoms with Crippen molar-refractivity contribution in [1.29, 1.82) is 0 Å². The lowest BCUT2D eigenvalue weighted by atomic mass is 9.79. The highest BCUT2D eigenvalue weighted by molar-refractivity contribution is 5.87. The zero-order valence-corrected chi connectivity index (χ0v) is 16.7. The third-order valence-corrected chi connectivity index (χ3v) is 5.81. The van der Waals surface area contributed by atoms with Crippen molar-refractivity contribution in [3.63, 3.8) is 0 Å². The van der Waals surface area contributed by atoms with E-state index in [2.05, 4.69) is 33.0 Å². The molecule has 0 aliphatic heterocycles. The van der Waals surface area contributed by atoms with Gasteiger partial charge >= 0.3 is 12.1 Å². The molecule has 6 nitrogen and oxygen atoms in total. The van der Waals surface area contributed by atoms with Crippen LogP contribution in [0.25, 0.3) is 0 Å². The van der Waals surface area contributed by atoms with Gasteiger partial charge in [0, 0.05) is 6.04 Å². The smallest absolute Gasteiger partial charge is 0.408 e. The highest BCUT2D eigenvalue weighted by Crippen LogP contribution is 2.47. The number of rotatable bonds is 4. The third kappa shape index (κ3) is 5.45. The number of benzene rings is 1. The van der Waals surface area contributed by atoms with Crippen LogP contribution in [0.2, 0.25) is 0 Å². The fraction of sp³-hybridized carbons (Fsp3) is 0.619. The van der Waals surface area contributed by atoms with Gasteiger partial charge in [0.2, 0.25) is 0 Å². The number of hydrogen-bond acceptors (Lipinski definition) is 4. The Morgan fingerprint density at radius 2 is 1.59 bits per heavy atom. The second-order valence-electron chi connectivity index (χ2n) is 9.03. The quantitative estimate of drug-likeness (QED) is 0.744. The Bertz CT molecular complexity index is 650. The molecule has 150 valence electrons. The third-order valence-electron chi connectivity index (χ3n) is 5.81. The maximum atomic E-state index is 11.4. The standard InChI is InChI=1S/C12H13NO4.C9H19N/c14-10(15)12(6-7-12)13-11(16)17-8-9-4-2-1-3-5-9;1-8(2)5-6-9(3,4)7(8)10/h1-5H,6-8H2,(H,13,16)(H,14,15);7H,5-6,10H2,1-4H3. The van der Waals surface area contributed by atoms with Gasteiger partial charge in [0.1, 0.15) is 12.1 Å². The van der Waals surface area contributed by atoms with E-state index in [9.17, 15) is 9.59 Å². The molecular formula is C21H32N2O4. The van der Waals surface area contributed by atoms with E-state index in [4.69, 9.17) is 15.6 Å². The van der Waals surface area contributed by atoms with Crippen LogP contribution in [0.5, 0.6) is 0 Å². The molecule has 2 aliphatic carbocycles. The van der Waals surface area contributed by atoms with Crippen molar-refractivity contribution in [2.45, 2.75) is 71.6 Å². The predicted octanol–water partition coefficient (Wildman–Crippen LogP) is 3.69. The van der Waals surface area contributed by atoms with Crippen molar-refractivity contribution in [1.82, 2.24) is 5.32 Å². The van der Waals surface area contributed by atoms with Gasteiger partial charge in [0.25, 0.3) is 0 Å². The summed E-state index contributed by atoms with van der Waals surface area (Å²) in [6.07, 6.45) is 2.79. The molecule has 2 aliphatic rings. The van der Waals surface area contributed by atoms with Crippen LogP contribution >= 0.6 is 0 Å². The average molecular weight is 376 g/mol. The van der Waals surface area contributed by atoms with E-state index in [1.807, 2.05) is 30.3 Å². The van der Waals surface area contributed by atoms with Gasteiger partial charge in [-0.05, 0) is 42.1 Å². The first kappa shape index (κ1) is 21.2. The number of amides is 1. The number of nitrogens with one attached hydrogen (secondary N) is 1. The summed E-state index contributed by atoms with van der Waals surface area (Å²) in [7, 11) is 0. The topological polar surface area (TPSA) is 102 Å². The highest BCUT2D eigenvalue weighted by atomic mass is 16.5. The van der Waals surface area contributed by atoms with E-state index in [0.717, 1.165) is 5.56 Å². The summed E-state index contributed by atoms with van der Waals surface area (Å²) < 4.78 is 4.94. The Kier molecular flexibility index (Phi) is 6.20. The molecule has 4 N–H and O–H groups in total. The molecule has 1 aromatic carbocycles. The minimum absolute atomic E-state index is 0.141. The molecule has 1 amide bonds. The molecule has 2 fully saturated rings. The molecule has 0 saturated heterocycles.